The van der Waals surface area contributed by atoms with Crippen LogP contribution in [0.5, 0.6) is 11.5 Å². The summed E-state index contributed by atoms with van der Waals surface area (Å²) in [5.74, 6) is 0.789. The summed E-state index contributed by atoms with van der Waals surface area (Å²) in [4.78, 5) is 4.45. The molecule has 0 aliphatic heterocycles. The smallest absolute Gasteiger partial charge is 0.387 e. The highest BCUT2D eigenvalue weighted by atomic mass is 127. The number of aromatic nitrogens is 2. The average molecular weight is 553 g/mol. The summed E-state index contributed by atoms with van der Waals surface area (Å²) >= 11 is 0. The third-order valence-electron chi connectivity index (χ3n) is 4.37. The molecule has 2 rings (SSSR count). The van der Waals surface area contributed by atoms with Gasteiger partial charge in [-0.15, -0.1) is 24.0 Å². The lowest BCUT2D eigenvalue weighted by atomic mass is 10.0. The van der Waals surface area contributed by atoms with Crippen molar-refractivity contribution in [2.45, 2.75) is 32.5 Å². The van der Waals surface area contributed by atoms with Crippen LogP contribution < -0.4 is 20.1 Å². The predicted octanol–water partition coefficient (Wildman–Crippen LogP) is 2.65. The van der Waals surface area contributed by atoms with Gasteiger partial charge in [0.05, 0.1) is 19.9 Å². The molecular formula is C20H30F2IN5O3. The zero-order valence-corrected chi connectivity index (χ0v) is 20.4. The van der Waals surface area contributed by atoms with Gasteiger partial charge in [0.1, 0.15) is 5.60 Å². The van der Waals surface area contributed by atoms with Crippen molar-refractivity contribution < 1.29 is 23.4 Å². The van der Waals surface area contributed by atoms with Crippen molar-refractivity contribution in [2.75, 3.05) is 26.7 Å². The third-order valence-corrected chi connectivity index (χ3v) is 4.37. The van der Waals surface area contributed by atoms with Gasteiger partial charge in [-0.3, -0.25) is 4.68 Å². The lowest BCUT2D eigenvalue weighted by Crippen LogP contribution is -2.39. The van der Waals surface area contributed by atoms with Gasteiger partial charge in [-0.1, -0.05) is 6.07 Å². The third kappa shape index (κ3) is 8.48. The second-order valence-corrected chi connectivity index (χ2v) is 6.91. The molecule has 1 heterocycles. The number of hydrogen-bond acceptors (Lipinski definition) is 5. The Balaban J connectivity index is 0.00000480. The van der Waals surface area contributed by atoms with Crippen molar-refractivity contribution in [2.24, 2.45) is 12.0 Å². The Kier molecular flexibility index (Phi) is 11.0. The fraction of sp³-hybridized carbons (Fsp3) is 0.500. The fourth-order valence-electron chi connectivity index (χ4n) is 2.76. The molecule has 11 heteroatoms. The number of ether oxygens (including phenoxy) is 2. The maximum absolute atomic E-state index is 12.6. The molecule has 0 amide bonds. The van der Waals surface area contributed by atoms with Gasteiger partial charge >= 0.3 is 6.61 Å². The molecule has 0 aliphatic rings. The number of rotatable bonds is 10. The van der Waals surface area contributed by atoms with Gasteiger partial charge in [-0.2, -0.15) is 13.9 Å². The molecule has 0 fully saturated rings. The number of aliphatic hydroxyl groups is 1. The van der Waals surface area contributed by atoms with Gasteiger partial charge < -0.3 is 25.2 Å². The number of nitrogens with zero attached hydrogens (tertiary/aromatic N) is 3. The molecule has 3 N–H and O–H groups in total. The van der Waals surface area contributed by atoms with Crippen molar-refractivity contribution in [1.29, 1.82) is 0 Å². The number of aliphatic imine (C=N–C) groups is 1. The molecule has 1 aromatic carbocycles. The first-order chi connectivity index (χ1) is 14.2. The predicted molar refractivity (Wildman–Crippen MR) is 126 cm³/mol. The molecule has 174 valence electrons. The van der Waals surface area contributed by atoms with Crippen LogP contribution in [0.25, 0.3) is 0 Å². The van der Waals surface area contributed by atoms with Gasteiger partial charge in [0.2, 0.25) is 0 Å². The van der Waals surface area contributed by atoms with Crippen LogP contribution in [0.15, 0.2) is 35.6 Å². The molecule has 1 unspecified atom stereocenters. The van der Waals surface area contributed by atoms with E-state index in [1.165, 1.54) is 13.2 Å². The second kappa shape index (κ2) is 12.6. The van der Waals surface area contributed by atoms with Gasteiger partial charge in [0, 0.05) is 31.9 Å². The minimum absolute atomic E-state index is 0. The zero-order chi connectivity index (χ0) is 22.1. The van der Waals surface area contributed by atoms with Crippen molar-refractivity contribution >= 4 is 29.9 Å². The number of methoxy groups -OCH3 is 1. The second-order valence-electron chi connectivity index (χ2n) is 6.91. The highest BCUT2D eigenvalue weighted by molar-refractivity contribution is 14.0. The van der Waals surface area contributed by atoms with Crippen LogP contribution in [0.1, 0.15) is 25.0 Å². The molecular weight excluding hydrogens is 523 g/mol. The topological polar surface area (TPSA) is 92.9 Å². The minimum Gasteiger partial charge on any atom is -0.493 e. The number of benzene rings is 1. The first kappa shape index (κ1) is 26.9. The molecule has 8 nitrogen and oxygen atoms in total. The van der Waals surface area contributed by atoms with Crippen LogP contribution >= 0.6 is 24.0 Å². The van der Waals surface area contributed by atoms with E-state index in [-0.39, 0.29) is 42.0 Å². The van der Waals surface area contributed by atoms with E-state index in [1.54, 1.807) is 43.2 Å². The summed E-state index contributed by atoms with van der Waals surface area (Å²) in [7, 11) is 3.18. The summed E-state index contributed by atoms with van der Waals surface area (Å²) in [6.07, 6.45) is 3.91. The number of nitrogens with one attached hydrogen (secondary N) is 2. The van der Waals surface area contributed by atoms with Crippen LogP contribution in [0.4, 0.5) is 8.78 Å². The SMILES string of the molecule is CCNC(=NCC(C)(O)c1cnn(C)c1)NCCc1ccc(OC)c(OC(F)F)c1.I. The Morgan fingerprint density at radius 1 is 1.32 bits per heavy atom. The lowest BCUT2D eigenvalue weighted by molar-refractivity contribution is -0.0512. The first-order valence-corrected chi connectivity index (χ1v) is 9.60. The van der Waals surface area contributed by atoms with E-state index in [9.17, 15) is 13.9 Å². The first-order valence-electron chi connectivity index (χ1n) is 9.60. The number of halogens is 3. The Bertz CT molecular complexity index is 846. The van der Waals surface area contributed by atoms with Crippen molar-refractivity contribution in [1.82, 2.24) is 20.4 Å². The molecule has 0 saturated carbocycles. The molecule has 0 aliphatic carbocycles. The Labute approximate surface area is 198 Å². The zero-order valence-electron chi connectivity index (χ0n) is 18.1. The van der Waals surface area contributed by atoms with Crippen LogP contribution in [-0.4, -0.2) is 54.2 Å². The van der Waals surface area contributed by atoms with Gasteiger partial charge in [0.15, 0.2) is 17.5 Å². The summed E-state index contributed by atoms with van der Waals surface area (Å²) in [6.45, 7) is 1.99. The molecule has 0 saturated heterocycles. The standard InChI is InChI=1S/C20H29F2N5O3.HI/c1-5-23-19(25-13-20(2,28)15-11-26-27(3)12-15)24-9-8-14-6-7-16(29-4)17(10-14)30-18(21)22;/h6-7,10-12,18,28H,5,8-9,13H2,1-4H3,(H2,23,24,25);1H. The normalized spacial score (nSPS) is 13.4. The van der Waals surface area contributed by atoms with E-state index in [0.717, 1.165) is 5.56 Å². The highest BCUT2D eigenvalue weighted by Crippen LogP contribution is 2.29. The Morgan fingerprint density at radius 2 is 2.06 bits per heavy atom. The van der Waals surface area contributed by atoms with Gasteiger partial charge in [-0.05, 0) is 38.0 Å². The van der Waals surface area contributed by atoms with Gasteiger partial charge in [-0.25, -0.2) is 4.99 Å². The molecule has 0 bridgehead atoms. The highest BCUT2D eigenvalue weighted by Gasteiger charge is 2.24. The summed E-state index contributed by atoms with van der Waals surface area (Å²) in [5, 5.41) is 21.0. The number of guanidine groups is 1. The monoisotopic (exact) mass is 553 g/mol. The molecule has 31 heavy (non-hydrogen) atoms. The van der Waals surface area contributed by atoms with E-state index in [4.69, 9.17) is 4.74 Å². The summed E-state index contributed by atoms with van der Waals surface area (Å²) < 4.78 is 36.3. The molecule has 2 aromatic rings. The van der Waals surface area contributed by atoms with Crippen LogP contribution in [-0.2, 0) is 19.1 Å². The quantitative estimate of drug-likeness (QED) is 0.238. The summed E-state index contributed by atoms with van der Waals surface area (Å²) in [6, 6.07) is 4.91. The average Bonchev–Trinajstić information content (AvgIpc) is 3.13. The van der Waals surface area contributed by atoms with Crippen molar-refractivity contribution in [3.63, 3.8) is 0 Å². The van der Waals surface area contributed by atoms with E-state index < -0.39 is 12.2 Å². The van der Waals surface area contributed by atoms with Crippen molar-refractivity contribution in [3.05, 3.63) is 41.7 Å². The largest absolute Gasteiger partial charge is 0.493 e. The number of aryl methyl sites for hydroxylation is 1. The molecule has 1 atom stereocenters. The minimum atomic E-state index is -2.92. The maximum Gasteiger partial charge on any atom is 0.387 e. The summed E-state index contributed by atoms with van der Waals surface area (Å²) in [5.41, 5.74) is 0.320. The molecule has 0 spiro atoms. The number of alkyl halides is 2. The number of hydrogen-bond donors (Lipinski definition) is 3. The fourth-order valence-corrected chi connectivity index (χ4v) is 2.76. The molecule has 0 radical (unpaired) electrons. The van der Waals surface area contributed by atoms with E-state index in [1.807, 2.05) is 6.92 Å². The Morgan fingerprint density at radius 3 is 2.65 bits per heavy atom. The van der Waals surface area contributed by atoms with E-state index in [0.29, 0.717) is 31.0 Å². The van der Waals surface area contributed by atoms with E-state index >= 15 is 0 Å². The van der Waals surface area contributed by atoms with Crippen molar-refractivity contribution in [3.8, 4) is 11.5 Å². The van der Waals surface area contributed by atoms with E-state index in [2.05, 4.69) is 25.5 Å². The van der Waals surface area contributed by atoms with Gasteiger partial charge in [0.25, 0.3) is 0 Å². The van der Waals surface area contributed by atoms with Crippen LogP contribution in [0.2, 0.25) is 0 Å². The van der Waals surface area contributed by atoms with Crippen LogP contribution in [0, 0.1) is 0 Å². The maximum atomic E-state index is 12.6. The molecule has 1 aromatic heterocycles. The Hall–Kier alpha value is -2.15. The lowest BCUT2D eigenvalue weighted by Gasteiger charge is -2.20. The van der Waals surface area contributed by atoms with Crippen LogP contribution in [0.3, 0.4) is 0 Å².